The molecule has 0 aliphatic carbocycles. The Morgan fingerprint density at radius 1 is 1.05 bits per heavy atom. The molecular weight excluding hydrogens is 258 g/mol. The molecule has 2 aromatic rings. The summed E-state index contributed by atoms with van der Waals surface area (Å²) in [6, 6.07) is 5.88. The zero-order chi connectivity index (χ0) is 14.0. The lowest BCUT2D eigenvalue weighted by molar-refractivity contribution is 0.355. The average Bonchev–Trinajstić information content (AvgIpc) is 2.87. The van der Waals surface area contributed by atoms with Crippen molar-refractivity contribution in [3.05, 3.63) is 29.3 Å². The highest BCUT2D eigenvalue weighted by molar-refractivity contribution is 7.13. The van der Waals surface area contributed by atoms with Crippen molar-refractivity contribution in [2.24, 2.45) is 0 Å². The van der Waals surface area contributed by atoms with E-state index in [1.165, 1.54) is 0 Å². The van der Waals surface area contributed by atoms with Crippen LogP contribution < -0.4 is 9.47 Å². The molecule has 102 valence electrons. The van der Waals surface area contributed by atoms with Crippen molar-refractivity contribution in [3.63, 3.8) is 0 Å². The van der Waals surface area contributed by atoms with Gasteiger partial charge < -0.3 is 9.47 Å². The summed E-state index contributed by atoms with van der Waals surface area (Å²) in [5.41, 5.74) is 2.24. The summed E-state index contributed by atoms with van der Waals surface area (Å²) in [6.07, 6.45) is 0. The molecule has 2 rings (SSSR count). The van der Waals surface area contributed by atoms with Gasteiger partial charge >= 0.3 is 0 Å². The average molecular weight is 277 g/mol. The fourth-order valence-electron chi connectivity index (χ4n) is 1.72. The third kappa shape index (κ3) is 2.89. The van der Waals surface area contributed by atoms with Crippen LogP contribution in [0.2, 0.25) is 0 Å². The minimum Gasteiger partial charge on any atom is -0.493 e. The lowest BCUT2D eigenvalue weighted by Crippen LogP contribution is -2.11. The fraction of sp³-hybridized carbons (Fsp3) is 0.400. The summed E-state index contributed by atoms with van der Waals surface area (Å²) in [5, 5.41) is 3.12. The number of hydrogen-bond donors (Lipinski definition) is 0. The van der Waals surface area contributed by atoms with E-state index < -0.39 is 0 Å². The van der Waals surface area contributed by atoms with E-state index in [-0.39, 0.29) is 5.41 Å². The lowest BCUT2D eigenvalue weighted by atomic mass is 9.93. The van der Waals surface area contributed by atoms with Gasteiger partial charge in [-0.2, -0.15) is 0 Å². The molecule has 0 saturated heterocycles. The third-order valence-electron chi connectivity index (χ3n) is 2.90. The van der Waals surface area contributed by atoms with Gasteiger partial charge in [0.1, 0.15) is 5.01 Å². The maximum atomic E-state index is 5.32. The first-order valence-electron chi connectivity index (χ1n) is 6.14. The standard InChI is InChI=1S/C15H19NO2S/c1-15(2,3)13-9-19-14(16-13)10-6-7-11(17-4)12(8-10)18-5/h6-9H,1-5H3. The summed E-state index contributed by atoms with van der Waals surface area (Å²) in [5.74, 6) is 1.46. The Morgan fingerprint density at radius 2 is 1.74 bits per heavy atom. The van der Waals surface area contributed by atoms with Crippen LogP contribution in [0.25, 0.3) is 10.6 Å². The molecule has 1 heterocycles. The summed E-state index contributed by atoms with van der Waals surface area (Å²) < 4.78 is 10.6. The van der Waals surface area contributed by atoms with Gasteiger partial charge in [-0.05, 0) is 18.2 Å². The Balaban J connectivity index is 2.39. The highest BCUT2D eigenvalue weighted by Crippen LogP contribution is 2.35. The first kappa shape index (κ1) is 13.9. The van der Waals surface area contributed by atoms with Gasteiger partial charge in [0.15, 0.2) is 11.5 Å². The maximum Gasteiger partial charge on any atom is 0.161 e. The minimum absolute atomic E-state index is 0.0747. The predicted octanol–water partition coefficient (Wildman–Crippen LogP) is 4.12. The second-order valence-corrected chi connectivity index (χ2v) is 6.22. The van der Waals surface area contributed by atoms with Crippen molar-refractivity contribution in [3.8, 4) is 22.1 Å². The van der Waals surface area contributed by atoms with Gasteiger partial charge in [-0.25, -0.2) is 4.98 Å². The van der Waals surface area contributed by atoms with Crippen LogP contribution in [0.15, 0.2) is 23.6 Å². The third-order valence-corrected chi connectivity index (χ3v) is 3.79. The molecule has 3 nitrogen and oxygen atoms in total. The van der Waals surface area contributed by atoms with Crippen LogP contribution in [0, 0.1) is 0 Å². The highest BCUT2D eigenvalue weighted by atomic mass is 32.1. The quantitative estimate of drug-likeness (QED) is 0.845. The summed E-state index contributed by atoms with van der Waals surface area (Å²) in [6.45, 7) is 6.50. The van der Waals surface area contributed by atoms with E-state index in [0.717, 1.165) is 27.8 Å². The molecule has 0 amide bonds. The van der Waals surface area contributed by atoms with E-state index in [4.69, 9.17) is 14.5 Å². The zero-order valence-corrected chi connectivity index (χ0v) is 12.8. The zero-order valence-electron chi connectivity index (χ0n) is 12.0. The molecule has 0 aliphatic rings. The molecule has 4 heteroatoms. The summed E-state index contributed by atoms with van der Waals surface area (Å²) in [7, 11) is 3.28. The van der Waals surface area contributed by atoms with Crippen LogP contribution in [0.3, 0.4) is 0 Å². The van der Waals surface area contributed by atoms with Gasteiger partial charge in [0.2, 0.25) is 0 Å². The number of rotatable bonds is 3. The molecule has 0 radical (unpaired) electrons. The van der Waals surface area contributed by atoms with Crippen LogP contribution in [-0.4, -0.2) is 19.2 Å². The number of hydrogen-bond acceptors (Lipinski definition) is 4. The molecule has 0 spiro atoms. The van der Waals surface area contributed by atoms with Gasteiger partial charge in [0.25, 0.3) is 0 Å². The predicted molar refractivity (Wildman–Crippen MR) is 79.4 cm³/mol. The second-order valence-electron chi connectivity index (χ2n) is 5.36. The number of benzene rings is 1. The fourth-order valence-corrected chi connectivity index (χ4v) is 2.76. The van der Waals surface area contributed by atoms with Crippen molar-refractivity contribution < 1.29 is 9.47 Å². The van der Waals surface area contributed by atoms with E-state index in [2.05, 4.69) is 26.2 Å². The van der Waals surface area contributed by atoms with Crippen LogP contribution in [0.1, 0.15) is 26.5 Å². The first-order chi connectivity index (χ1) is 8.95. The Bertz CT molecular complexity index is 570. The smallest absolute Gasteiger partial charge is 0.161 e. The second kappa shape index (κ2) is 5.21. The lowest BCUT2D eigenvalue weighted by Gasteiger charge is -2.14. The van der Waals surface area contributed by atoms with Gasteiger partial charge in [0.05, 0.1) is 19.9 Å². The number of methoxy groups -OCH3 is 2. The number of thiazole rings is 1. The van der Waals surface area contributed by atoms with E-state index >= 15 is 0 Å². The number of aromatic nitrogens is 1. The van der Waals surface area contributed by atoms with E-state index in [1.54, 1.807) is 25.6 Å². The maximum absolute atomic E-state index is 5.32. The SMILES string of the molecule is COc1ccc(-c2nc(C(C)(C)C)cs2)cc1OC. The molecule has 0 aliphatic heterocycles. The Labute approximate surface area is 118 Å². The highest BCUT2D eigenvalue weighted by Gasteiger charge is 2.18. The normalized spacial score (nSPS) is 11.4. The van der Waals surface area contributed by atoms with Gasteiger partial charge in [0, 0.05) is 16.4 Å². The molecule has 0 N–H and O–H groups in total. The van der Waals surface area contributed by atoms with Crippen LogP contribution in [0.5, 0.6) is 11.5 Å². The Kier molecular flexibility index (Phi) is 3.80. The number of ether oxygens (including phenoxy) is 2. The van der Waals surface area contributed by atoms with Crippen molar-refractivity contribution in [2.75, 3.05) is 14.2 Å². The molecule has 19 heavy (non-hydrogen) atoms. The van der Waals surface area contributed by atoms with E-state index in [1.807, 2.05) is 18.2 Å². The molecule has 1 aromatic carbocycles. The molecule has 0 saturated carbocycles. The molecular formula is C15H19NO2S. The minimum atomic E-state index is 0.0747. The molecule has 0 atom stereocenters. The molecule has 0 bridgehead atoms. The van der Waals surface area contributed by atoms with Crippen molar-refractivity contribution in [2.45, 2.75) is 26.2 Å². The largest absolute Gasteiger partial charge is 0.493 e. The summed E-state index contributed by atoms with van der Waals surface area (Å²) in [4.78, 5) is 4.70. The van der Waals surface area contributed by atoms with Gasteiger partial charge in [-0.3, -0.25) is 0 Å². The first-order valence-corrected chi connectivity index (χ1v) is 7.02. The van der Waals surface area contributed by atoms with Crippen molar-refractivity contribution in [1.29, 1.82) is 0 Å². The molecule has 1 aromatic heterocycles. The van der Waals surface area contributed by atoms with E-state index in [0.29, 0.717) is 0 Å². The van der Waals surface area contributed by atoms with Gasteiger partial charge in [-0.15, -0.1) is 11.3 Å². The van der Waals surface area contributed by atoms with Crippen LogP contribution in [0.4, 0.5) is 0 Å². The number of nitrogens with zero attached hydrogens (tertiary/aromatic N) is 1. The van der Waals surface area contributed by atoms with E-state index in [9.17, 15) is 0 Å². The molecule has 0 unspecified atom stereocenters. The van der Waals surface area contributed by atoms with Crippen molar-refractivity contribution >= 4 is 11.3 Å². The topological polar surface area (TPSA) is 31.4 Å². The molecule has 0 fully saturated rings. The van der Waals surface area contributed by atoms with Crippen molar-refractivity contribution in [1.82, 2.24) is 4.98 Å². The van der Waals surface area contributed by atoms with Gasteiger partial charge in [-0.1, -0.05) is 20.8 Å². The summed E-state index contributed by atoms with van der Waals surface area (Å²) >= 11 is 1.65. The Hall–Kier alpha value is -1.55. The monoisotopic (exact) mass is 277 g/mol. The van der Waals surface area contributed by atoms with Crippen LogP contribution in [-0.2, 0) is 5.41 Å². The Morgan fingerprint density at radius 3 is 2.26 bits per heavy atom. The van der Waals surface area contributed by atoms with Crippen LogP contribution >= 0.6 is 11.3 Å².